The standard InChI is InChI=1S/C19H22F3N3O4/c1-2-28-17(26)14-8-16-12(7-15(14)23)9-25(24-16)13-5-3-11(4-6-13)10-29-18(27)19(20,21)22/h7-9,11,13H,2-6,10,23H2,1H3/t11-,13-. The van der Waals surface area contributed by atoms with E-state index >= 15 is 0 Å². The van der Waals surface area contributed by atoms with Crippen LogP contribution in [0.15, 0.2) is 18.3 Å². The zero-order valence-electron chi connectivity index (χ0n) is 15.9. The lowest BCUT2D eigenvalue weighted by atomic mass is 9.86. The van der Waals surface area contributed by atoms with Crippen molar-refractivity contribution in [3.8, 4) is 0 Å². The SMILES string of the molecule is CCOC(=O)c1cc2nn([C@H]3CC[C@H](COC(=O)C(F)(F)F)CC3)cc2cc1N. The van der Waals surface area contributed by atoms with Crippen LogP contribution in [0.1, 0.15) is 49.0 Å². The number of nitrogen functional groups attached to an aromatic ring is 1. The largest absolute Gasteiger partial charge is 0.490 e. The van der Waals surface area contributed by atoms with Crippen LogP contribution in [0.25, 0.3) is 10.9 Å². The van der Waals surface area contributed by atoms with E-state index in [0.29, 0.717) is 36.9 Å². The number of anilines is 1. The van der Waals surface area contributed by atoms with Gasteiger partial charge in [-0.3, -0.25) is 4.68 Å². The van der Waals surface area contributed by atoms with Crippen molar-refractivity contribution in [1.29, 1.82) is 0 Å². The molecule has 0 aliphatic heterocycles. The maximum atomic E-state index is 12.2. The fourth-order valence-corrected chi connectivity index (χ4v) is 3.53. The molecule has 1 aromatic carbocycles. The summed E-state index contributed by atoms with van der Waals surface area (Å²) < 4.78 is 47.8. The van der Waals surface area contributed by atoms with Gasteiger partial charge in [-0.2, -0.15) is 18.3 Å². The Morgan fingerprint density at radius 3 is 2.52 bits per heavy atom. The highest BCUT2D eigenvalue weighted by molar-refractivity contribution is 6.00. The third kappa shape index (κ3) is 4.80. The zero-order chi connectivity index (χ0) is 21.2. The first-order valence-electron chi connectivity index (χ1n) is 9.38. The second kappa shape index (κ2) is 8.30. The van der Waals surface area contributed by atoms with Gasteiger partial charge in [-0.15, -0.1) is 0 Å². The van der Waals surface area contributed by atoms with Gasteiger partial charge in [0.05, 0.1) is 30.3 Å². The minimum atomic E-state index is -4.96. The molecule has 0 saturated heterocycles. The molecule has 1 fully saturated rings. The van der Waals surface area contributed by atoms with E-state index in [-0.39, 0.29) is 30.7 Å². The number of rotatable bonds is 5. The Morgan fingerprint density at radius 1 is 1.21 bits per heavy atom. The van der Waals surface area contributed by atoms with Crippen molar-refractivity contribution in [2.45, 2.75) is 44.8 Å². The Balaban J connectivity index is 1.63. The topological polar surface area (TPSA) is 96.4 Å². The van der Waals surface area contributed by atoms with Gasteiger partial charge in [0.15, 0.2) is 0 Å². The van der Waals surface area contributed by atoms with Crippen LogP contribution in [0.3, 0.4) is 0 Å². The lowest BCUT2D eigenvalue weighted by molar-refractivity contribution is -0.201. The first-order chi connectivity index (χ1) is 13.7. The van der Waals surface area contributed by atoms with Crippen LogP contribution in [-0.4, -0.2) is 41.1 Å². The molecule has 0 bridgehead atoms. The van der Waals surface area contributed by atoms with Crippen LogP contribution in [-0.2, 0) is 14.3 Å². The first-order valence-corrected chi connectivity index (χ1v) is 9.38. The van der Waals surface area contributed by atoms with Crippen molar-refractivity contribution in [1.82, 2.24) is 9.78 Å². The molecule has 1 aliphatic rings. The van der Waals surface area contributed by atoms with E-state index in [4.69, 9.17) is 10.5 Å². The fourth-order valence-electron chi connectivity index (χ4n) is 3.53. The number of carbonyl (C=O) groups is 2. The Labute approximate surface area is 164 Å². The van der Waals surface area contributed by atoms with E-state index < -0.39 is 18.1 Å². The molecule has 2 aromatic rings. The molecule has 1 aliphatic carbocycles. The zero-order valence-corrected chi connectivity index (χ0v) is 15.9. The summed E-state index contributed by atoms with van der Waals surface area (Å²) in [6.45, 7) is 1.72. The molecule has 0 radical (unpaired) electrons. The number of ether oxygens (including phenoxy) is 2. The molecule has 0 amide bonds. The Morgan fingerprint density at radius 2 is 1.90 bits per heavy atom. The summed E-state index contributed by atoms with van der Waals surface area (Å²) in [6, 6.07) is 3.35. The number of halogens is 3. The molecule has 2 N–H and O–H groups in total. The molecule has 158 valence electrons. The average Bonchev–Trinajstić information content (AvgIpc) is 3.08. The van der Waals surface area contributed by atoms with E-state index in [1.54, 1.807) is 23.7 Å². The highest BCUT2D eigenvalue weighted by Crippen LogP contribution is 2.34. The van der Waals surface area contributed by atoms with Crippen molar-refractivity contribution >= 4 is 28.5 Å². The van der Waals surface area contributed by atoms with Gasteiger partial charge in [-0.1, -0.05) is 0 Å². The summed E-state index contributed by atoms with van der Waals surface area (Å²) >= 11 is 0. The van der Waals surface area contributed by atoms with Crippen LogP contribution < -0.4 is 5.73 Å². The van der Waals surface area contributed by atoms with Crippen molar-refractivity contribution in [3.05, 3.63) is 23.9 Å². The van der Waals surface area contributed by atoms with Crippen molar-refractivity contribution < 1.29 is 32.2 Å². The summed E-state index contributed by atoms with van der Waals surface area (Å²) in [5.74, 6) is -2.75. The van der Waals surface area contributed by atoms with Crippen molar-refractivity contribution in [2.75, 3.05) is 18.9 Å². The van der Waals surface area contributed by atoms with Crippen molar-refractivity contribution in [3.63, 3.8) is 0 Å². The second-order valence-corrected chi connectivity index (χ2v) is 7.10. The first kappa shape index (κ1) is 20.9. The van der Waals surface area contributed by atoms with Gasteiger partial charge in [0.2, 0.25) is 0 Å². The summed E-state index contributed by atoms with van der Waals surface area (Å²) in [4.78, 5) is 22.8. The number of alkyl halides is 3. The molecule has 7 nitrogen and oxygen atoms in total. The molecule has 3 rings (SSSR count). The normalized spacial score (nSPS) is 19.9. The summed E-state index contributed by atoms with van der Waals surface area (Å²) in [5.41, 5.74) is 7.14. The number of carbonyl (C=O) groups excluding carboxylic acids is 2. The molecule has 0 atom stereocenters. The van der Waals surface area contributed by atoms with Gasteiger partial charge < -0.3 is 15.2 Å². The van der Waals surface area contributed by atoms with E-state index in [9.17, 15) is 22.8 Å². The maximum Gasteiger partial charge on any atom is 0.490 e. The molecular formula is C19H22F3N3O4. The number of benzene rings is 1. The van der Waals surface area contributed by atoms with Crippen LogP contribution in [0.2, 0.25) is 0 Å². The predicted octanol–water partition coefficient (Wildman–Crippen LogP) is 3.63. The van der Waals surface area contributed by atoms with Crippen LogP contribution in [0.5, 0.6) is 0 Å². The molecule has 0 spiro atoms. The van der Waals surface area contributed by atoms with Crippen LogP contribution in [0.4, 0.5) is 18.9 Å². The van der Waals surface area contributed by atoms with Gasteiger partial charge in [0.1, 0.15) is 0 Å². The van der Waals surface area contributed by atoms with Crippen LogP contribution in [0, 0.1) is 5.92 Å². The lowest BCUT2D eigenvalue weighted by Gasteiger charge is -2.28. The van der Waals surface area contributed by atoms with Gasteiger partial charge >= 0.3 is 18.1 Å². The minimum Gasteiger partial charge on any atom is -0.462 e. The van der Waals surface area contributed by atoms with E-state index in [2.05, 4.69) is 9.84 Å². The highest BCUT2D eigenvalue weighted by Gasteiger charge is 2.41. The summed E-state index contributed by atoms with van der Waals surface area (Å²) in [5, 5.41) is 5.32. The second-order valence-electron chi connectivity index (χ2n) is 7.10. The number of esters is 2. The van der Waals surface area contributed by atoms with Crippen LogP contribution >= 0.6 is 0 Å². The Bertz CT molecular complexity index is 902. The molecular weight excluding hydrogens is 391 g/mol. The monoisotopic (exact) mass is 413 g/mol. The number of aromatic nitrogens is 2. The minimum absolute atomic E-state index is 0.0734. The maximum absolute atomic E-state index is 12.2. The number of fused-ring (bicyclic) bond motifs is 1. The summed E-state index contributed by atoms with van der Waals surface area (Å²) in [7, 11) is 0. The number of nitrogens with two attached hydrogens (primary N) is 1. The molecule has 1 saturated carbocycles. The van der Waals surface area contributed by atoms with E-state index in [1.807, 2.05) is 6.20 Å². The quantitative estimate of drug-likeness (QED) is 0.594. The van der Waals surface area contributed by atoms with Gasteiger partial charge in [0.25, 0.3) is 0 Å². The third-order valence-corrected chi connectivity index (χ3v) is 5.06. The average molecular weight is 413 g/mol. The number of nitrogens with zero attached hydrogens (tertiary/aromatic N) is 2. The van der Waals surface area contributed by atoms with E-state index in [1.165, 1.54) is 0 Å². The summed E-state index contributed by atoms with van der Waals surface area (Å²) in [6.07, 6.45) is -0.471. The number of hydrogen-bond donors (Lipinski definition) is 1. The highest BCUT2D eigenvalue weighted by atomic mass is 19.4. The molecule has 1 aromatic heterocycles. The Kier molecular flexibility index (Phi) is 5.99. The Hall–Kier alpha value is -2.78. The van der Waals surface area contributed by atoms with Crippen molar-refractivity contribution in [2.24, 2.45) is 5.92 Å². The molecule has 29 heavy (non-hydrogen) atoms. The van der Waals surface area contributed by atoms with Gasteiger partial charge in [-0.25, -0.2) is 9.59 Å². The van der Waals surface area contributed by atoms with Gasteiger partial charge in [-0.05, 0) is 50.7 Å². The molecule has 0 unspecified atom stereocenters. The molecule has 10 heteroatoms. The predicted molar refractivity (Wildman–Crippen MR) is 98.1 cm³/mol. The fraction of sp³-hybridized carbons (Fsp3) is 0.526. The smallest absolute Gasteiger partial charge is 0.462 e. The van der Waals surface area contributed by atoms with E-state index in [0.717, 1.165) is 5.39 Å². The lowest BCUT2D eigenvalue weighted by Crippen LogP contribution is -2.29. The number of hydrogen-bond acceptors (Lipinski definition) is 6. The van der Waals surface area contributed by atoms with Gasteiger partial charge in [0, 0.05) is 17.3 Å². The molecule has 1 heterocycles. The third-order valence-electron chi connectivity index (χ3n) is 5.06.